The molecule has 5 rings (SSSR count). The van der Waals surface area contributed by atoms with Crippen LogP contribution in [0.1, 0.15) is 24.5 Å². The molecule has 0 aliphatic carbocycles. The Morgan fingerprint density at radius 1 is 1.17 bits per heavy atom. The van der Waals surface area contributed by atoms with Crippen LogP contribution in [0, 0.1) is 6.92 Å². The van der Waals surface area contributed by atoms with Gasteiger partial charge >= 0.3 is 13.7 Å². The number of alkyl halides is 1. The lowest BCUT2D eigenvalue weighted by Crippen LogP contribution is -2.35. The number of halogens is 1. The summed E-state index contributed by atoms with van der Waals surface area (Å²) in [6, 6.07) is 14.8. The van der Waals surface area contributed by atoms with Crippen molar-refractivity contribution in [2.45, 2.75) is 51.1 Å². The molecule has 4 aromatic rings. The minimum absolute atomic E-state index is 0.0501. The van der Waals surface area contributed by atoms with E-state index in [0.717, 1.165) is 0 Å². The lowest BCUT2D eigenvalue weighted by molar-refractivity contribution is -0.220. The minimum Gasteiger partial charge on any atom is -0.756 e. The number of aliphatic hydroxyl groups excluding tert-OH is 1. The van der Waals surface area contributed by atoms with Crippen molar-refractivity contribution in [3.63, 3.8) is 0 Å². The highest BCUT2D eigenvalue weighted by molar-refractivity contribution is 7.63. The van der Waals surface area contributed by atoms with Gasteiger partial charge in [-0.15, -0.1) is 0 Å². The maximum Gasteiger partial charge on any atom is 0.465 e. The summed E-state index contributed by atoms with van der Waals surface area (Å²) in [5.41, 5.74) is 6.85. The highest BCUT2D eigenvalue weighted by Crippen LogP contribution is 2.58. The first-order chi connectivity index (χ1) is 21.8. The first kappa shape index (κ1) is 33.6. The zero-order valence-electron chi connectivity index (χ0n) is 24.4. The van der Waals surface area contributed by atoms with Crippen LogP contribution in [0.2, 0.25) is 0 Å². The van der Waals surface area contributed by atoms with E-state index in [2.05, 4.69) is 20.0 Å². The Balaban J connectivity index is 1.26. The number of aliphatic hydroxyl groups is 1. The number of nitrogens with one attached hydrogen (secondary N) is 1. The zero-order chi connectivity index (χ0) is 33.1. The molecule has 3 heterocycles. The van der Waals surface area contributed by atoms with Gasteiger partial charge < -0.3 is 34.3 Å². The fourth-order valence-electron chi connectivity index (χ4n) is 4.45. The Hall–Kier alpha value is -3.79. The molecule has 2 aromatic carbocycles. The molecule has 1 fully saturated rings. The number of carbonyl (C=O) groups excluding carboxylic acids is 1. The quantitative estimate of drug-likeness (QED) is 0.137. The molecule has 0 bridgehead atoms. The standard InChI is InChI=1S/C27H31FN6O10P2/c1-16(27(36)40-13-18-9-5-3-6-10-18)33-45(37,43-19-11-7-4-8-12-19)44-46(38,39)41-14-20-23(35)21(28)26(42-20)34-15-30-22-24(29)31-17(2)32-25(22)34/h3-12,15-16,20-21,23,26,35H,13-14H2,1-2H3,(H,33,37)(H,38,39)(H2,29,31,32)/p-1/t16-,20+,21?,23-,26+,45?/m0/s1. The molecule has 4 N–H and O–H groups in total. The largest absolute Gasteiger partial charge is 0.756 e. The third kappa shape index (κ3) is 7.94. The predicted molar refractivity (Wildman–Crippen MR) is 157 cm³/mol. The molecular weight excluding hydrogens is 649 g/mol. The number of nitrogens with zero attached hydrogens (tertiary/aromatic N) is 4. The van der Waals surface area contributed by atoms with Crippen molar-refractivity contribution in [3.8, 4) is 5.75 Å². The second-order valence-electron chi connectivity index (χ2n) is 10.2. The number of hydrogen-bond donors (Lipinski definition) is 3. The molecule has 0 radical (unpaired) electrons. The number of carbonyl (C=O) groups is 1. The lowest BCUT2D eigenvalue weighted by Gasteiger charge is -2.30. The fourth-order valence-corrected chi connectivity index (χ4v) is 7.38. The second kappa shape index (κ2) is 13.9. The molecule has 1 aliphatic heterocycles. The molecule has 2 aromatic heterocycles. The van der Waals surface area contributed by atoms with E-state index in [-0.39, 0.29) is 35.2 Å². The van der Waals surface area contributed by atoms with Gasteiger partial charge in [0.25, 0.3) is 7.82 Å². The molecule has 1 saturated heterocycles. The van der Waals surface area contributed by atoms with Crippen molar-refractivity contribution in [1.29, 1.82) is 0 Å². The van der Waals surface area contributed by atoms with E-state index in [9.17, 15) is 23.9 Å². The number of fused-ring (bicyclic) bond motifs is 1. The summed E-state index contributed by atoms with van der Waals surface area (Å²) in [4.78, 5) is 37.8. The Kier molecular flexibility index (Phi) is 10.2. The van der Waals surface area contributed by atoms with E-state index in [4.69, 9.17) is 28.6 Å². The number of aromatic nitrogens is 4. The smallest absolute Gasteiger partial charge is 0.465 e. The van der Waals surface area contributed by atoms with Gasteiger partial charge in [0.15, 0.2) is 23.9 Å². The number of esters is 1. The van der Waals surface area contributed by atoms with Crippen molar-refractivity contribution < 1.29 is 51.1 Å². The van der Waals surface area contributed by atoms with E-state index < -0.39 is 58.8 Å². The first-order valence-electron chi connectivity index (χ1n) is 13.8. The van der Waals surface area contributed by atoms with Gasteiger partial charge in [0.05, 0.1) is 12.9 Å². The Labute approximate surface area is 261 Å². The van der Waals surface area contributed by atoms with Crippen molar-refractivity contribution >= 4 is 38.5 Å². The number of aryl methyl sites for hydroxylation is 1. The first-order valence-corrected chi connectivity index (χ1v) is 16.8. The minimum atomic E-state index is -5.55. The topological polar surface area (TPSA) is 222 Å². The number of anilines is 1. The van der Waals surface area contributed by atoms with Gasteiger partial charge in [-0.25, -0.2) is 28.2 Å². The average Bonchev–Trinajstić information content (AvgIpc) is 3.55. The second-order valence-corrected chi connectivity index (χ2v) is 13.4. The maximum atomic E-state index is 15.2. The van der Waals surface area contributed by atoms with Gasteiger partial charge in [0.2, 0.25) is 0 Å². The Bertz CT molecular complexity index is 1770. The summed E-state index contributed by atoms with van der Waals surface area (Å²) in [6.45, 7) is 1.78. The van der Waals surface area contributed by atoms with Crippen LogP contribution in [-0.4, -0.2) is 61.6 Å². The summed E-state index contributed by atoms with van der Waals surface area (Å²) in [5.74, 6) is -0.621. The van der Waals surface area contributed by atoms with Crippen LogP contribution in [0.3, 0.4) is 0 Å². The van der Waals surface area contributed by atoms with Crippen LogP contribution in [-0.2, 0) is 38.8 Å². The lowest BCUT2D eigenvalue weighted by atomic mass is 10.1. The van der Waals surface area contributed by atoms with Crippen molar-refractivity contribution in [2.24, 2.45) is 0 Å². The van der Waals surface area contributed by atoms with Crippen LogP contribution in [0.4, 0.5) is 10.2 Å². The molecule has 0 saturated carbocycles. The van der Waals surface area contributed by atoms with E-state index in [1.54, 1.807) is 43.3 Å². The molecule has 0 spiro atoms. The highest BCUT2D eigenvalue weighted by atomic mass is 31.3. The Morgan fingerprint density at radius 2 is 1.85 bits per heavy atom. The fraction of sp³-hybridized carbons (Fsp3) is 0.333. The average molecular weight is 680 g/mol. The maximum absolute atomic E-state index is 15.2. The monoisotopic (exact) mass is 679 g/mol. The predicted octanol–water partition coefficient (Wildman–Crippen LogP) is 2.72. The number of rotatable bonds is 13. The molecule has 0 amide bonds. The molecule has 246 valence electrons. The highest BCUT2D eigenvalue weighted by Gasteiger charge is 2.47. The molecule has 19 heteroatoms. The van der Waals surface area contributed by atoms with Gasteiger partial charge in [-0.1, -0.05) is 48.5 Å². The van der Waals surface area contributed by atoms with Gasteiger partial charge in [-0.2, -0.15) is 5.09 Å². The van der Waals surface area contributed by atoms with E-state index in [1.165, 1.54) is 42.1 Å². The van der Waals surface area contributed by atoms with Crippen molar-refractivity contribution in [1.82, 2.24) is 24.6 Å². The molecule has 1 aliphatic rings. The summed E-state index contributed by atoms with van der Waals surface area (Å²) >= 11 is 0. The van der Waals surface area contributed by atoms with Crippen LogP contribution < -0.4 is 20.2 Å². The van der Waals surface area contributed by atoms with Gasteiger partial charge in [0, 0.05) is 0 Å². The van der Waals surface area contributed by atoms with Crippen LogP contribution >= 0.6 is 15.6 Å². The third-order valence-corrected chi connectivity index (χ3v) is 9.91. The van der Waals surface area contributed by atoms with Gasteiger partial charge in [0.1, 0.15) is 41.9 Å². The number of phosphoric acid groups is 1. The SMILES string of the molecule is Cc1nc(N)c2ncn([C@@H]3O[C@H](COP(=O)([O-])OP(=O)(N[C@@H](C)C(=O)OCc4ccccc4)Oc4ccccc4)[C@H](O)C3F)c2n1. The van der Waals surface area contributed by atoms with E-state index >= 15 is 4.39 Å². The number of benzene rings is 2. The number of ether oxygens (including phenoxy) is 2. The van der Waals surface area contributed by atoms with Gasteiger partial charge in [-0.3, -0.25) is 13.9 Å². The molecule has 46 heavy (non-hydrogen) atoms. The van der Waals surface area contributed by atoms with Gasteiger partial charge in [-0.05, 0) is 31.5 Å². The molecule has 3 unspecified atom stereocenters. The summed E-state index contributed by atoms with van der Waals surface area (Å²) < 4.78 is 68.8. The van der Waals surface area contributed by atoms with E-state index in [0.29, 0.717) is 5.56 Å². The normalized spacial score (nSPS) is 23.0. The number of hydrogen-bond acceptors (Lipinski definition) is 14. The summed E-state index contributed by atoms with van der Waals surface area (Å²) in [7, 11) is -10.5. The molecule has 7 atom stereocenters. The summed E-state index contributed by atoms with van der Waals surface area (Å²) in [5, 5.41) is 12.7. The zero-order valence-corrected chi connectivity index (χ0v) is 26.2. The van der Waals surface area contributed by atoms with Crippen LogP contribution in [0.15, 0.2) is 67.0 Å². The number of phosphoric ester groups is 1. The summed E-state index contributed by atoms with van der Waals surface area (Å²) in [6.07, 6.45) is -5.73. The number of imidazole rings is 1. The van der Waals surface area contributed by atoms with Crippen LogP contribution in [0.25, 0.3) is 11.2 Å². The van der Waals surface area contributed by atoms with Crippen molar-refractivity contribution in [2.75, 3.05) is 12.3 Å². The van der Waals surface area contributed by atoms with Crippen LogP contribution in [0.5, 0.6) is 5.75 Å². The molecule has 16 nitrogen and oxygen atoms in total. The number of nitrogen functional groups attached to an aromatic ring is 1. The number of nitrogens with two attached hydrogens (primary N) is 1. The number of para-hydroxylation sites is 1. The van der Waals surface area contributed by atoms with E-state index in [1.807, 2.05) is 0 Å². The van der Waals surface area contributed by atoms with Crippen molar-refractivity contribution in [3.05, 3.63) is 78.4 Å². The Morgan fingerprint density at radius 3 is 2.54 bits per heavy atom. The third-order valence-electron chi connectivity index (χ3n) is 6.63. The molecular formula is C27H30FN6O10P2-.